The molecule has 5 nitrogen and oxygen atoms in total. The number of amides is 1. The highest BCUT2D eigenvalue weighted by atomic mass is 32.1. The van der Waals surface area contributed by atoms with Crippen LogP contribution in [0.25, 0.3) is 0 Å². The van der Waals surface area contributed by atoms with E-state index in [9.17, 15) is 4.79 Å². The first kappa shape index (κ1) is 14.2. The van der Waals surface area contributed by atoms with E-state index in [4.69, 9.17) is 0 Å². The fourth-order valence-electron chi connectivity index (χ4n) is 2.00. The third-order valence-corrected chi connectivity index (χ3v) is 3.84. The second-order valence-electron chi connectivity index (χ2n) is 5.94. The number of aromatic nitrogens is 2. The van der Waals surface area contributed by atoms with Crippen molar-refractivity contribution < 1.29 is 4.79 Å². The molecule has 1 aromatic rings. The van der Waals surface area contributed by atoms with E-state index in [-0.39, 0.29) is 11.3 Å². The molecule has 1 aromatic heterocycles. The Balaban J connectivity index is 1.76. The molecule has 1 saturated heterocycles. The molecule has 6 heteroatoms. The van der Waals surface area contributed by atoms with Gasteiger partial charge in [-0.2, -0.15) is 4.37 Å². The van der Waals surface area contributed by atoms with E-state index in [0.29, 0.717) is 13.0 Å². The monoisotopic (exact) mass is 282 g/mol. The largest absolute Gasteiger partial charge is 0.360 e. The zero-order valence-corrected chi connectivity index (χ0v) is 12.7. The minimum atomic E-state index is -0.0260. The number of nitrogens with one attached hydrogen (secondary N) is 1. The summed E-state index contributed by atoms with van der Waals surface area (Å²) >= 11 is 1.36. The highest BCUT2D eigenvalue weighted by Gasteiger charge is 2.20. The van der Waals surface area contributed by atoms with E-state index < -0.39 is 0 Å². The van der Waals surface area contributed by atoms with Crippen LogP contribution in [-0.2, 0) is 10.2 Å². The van der Waals surface area contributed by atoms with E-state index in [1.165, 1.54) is 11.5 Å². The quantitative estimate of drug-likeness (QED) is 0.920. The van der Waals surface area contributed by atoms with E-state index >= 15 is 0 Å². The molecule has 0 radical (unpaired) electrons. The summed E-state index contributed by atoms with van der Waals surface area (Å²) in [6.07, 6.45) is 2.82. The van der Waals surface area contributed by atoms with Gasteiger partial charge in [0.05, 0.1) is 0 Å². The van der Waals surface area contributed by atoms with Gasteiger partial charge in [-0.3, -0.25) is 4.79 Å². The van der Waals surface area contributed by atoms with Crippen LogP contribution in [0.2, 0.25) is 0 Å². The zero-order chi connectivity index (χ0) is 13.9. The van der Waals surface area contributed by atoms with Gasteiger partial charge in [0.1, 0.15) is 5.82 Å². The SMILES string of the molecule is CC(C)(C)c1nsc(NCCC(=O)N2CCCC2)n1. The standard InChI is InChI=1S/C13H22N4OS/c1-13(2,3)11-15-12(19-16-11)14-7-6-10(18)17-8-4-5-9-17/h4-9H2,1-3H3,(H,14,15,16). The maximum atomic E-state index is 11.9. The van der Waals surface area contributed by atoms with Crippen molar-refractivity contribution in [3.8, 4) is 0 Å². The Morgan fingerprint density at radius 2 is 2.05 bits per heavy atom. The minimum Gasteiger partial charge on any atom is -0.360 e. The molecule has 0 unspecified atom stereocenters. The first-order valence-corrected chi connectivity index (χ1v) is 7.60. The van der Waals surface area contributed by atoms with Gasteiger partial charge in [-0.25, -0.2) is 4.98 Å². The van der Waals surface area contributed by atoms with E-state index in [0.717, 1.165) is 36.9 Å². The molecule has 106 valence electrons. The molecule has 1 fully saturated rings. The molecule has 0 saturated carbocycles. The van der Waals surface area contributed by atoms with Crippen LogP contribution in [0.5, 0.6) is 0 Å². The van der Waals surface area contributed by atoms with Gasteiger partial charge < -0.3 is 10.2 Å². The van der Waals surface area contributed by atoms with Crippen molar-refractivity contribution in [2.45, 2.75) is 45.4 Å². The van der Waals surface area contributed by atoms with Gasteiger partial charge in [0.15, 0.2) is 0 Å². The van der Waals surface area contributed by atoms with Gasteiger partial charge in [0.2, 0.25) is 11.0 Å². The Morgan fingerprint density at radius 1 is 1.37 bits per heavy atom. The van der Waals surface area contributed by atoms with Crippen molar-refractivity contribution in [1.82, 2.24) is 14.3 Å². The number of hydrogen-bond donors (Lipinski definition) is 1. The van der Waals surface area contributed by atoms with Crippen molar-refractivity contribution in [3.63, 3.8) is 0 Å². The summed E-state index contributed by atoms with van der Waals surface area (Å²) in [5, 5.41) is 3.99. The fourth-order valence-corrected chi connectivity index (χ4v) is 2.78. The molecule has 1 aliphatic heterocycles. The number of carbonyl (C=O) groups is 1. The van der Waals surface area contributed by atoms with Crippen molar-refractivity contribution >= 4 is 22.6 Å². The van der Waals surface area contributed by atoms with Crippen LogP contribution in [0.4, 0.5) is 5.13 Å². The third-order valence-electron chi connectivity index (χ3n) is 3.17. The Morgan fingerprint density at radius 3 is 2.63 bits per heavy atom. The summed E-state index contributed by atoms with van der Waals surface area (Å²) < 4.78 is 4.34. The van der Waals surface area contributed by atoms with Gasteiger partial charge in [-0.1, -0.05) is 20.8 Å². The van der Waals surface area contributed by atoms with Gasteiger partial charge >= 0.3 is 0 Å². The molecule has 0 spiro atoms. The average Bonchev–Trinajstić information content (AvgIpc) is 2.99. The lowest BCUT2D eigenvalue weighted by atomic mass is 9.96. The second kappa shape index (κ2) is 5.86. The normalized spacial score (nSPS) is 15.8. The second-order valence-corrected chi connectivity index (χ2v) is 6.69. The van der Waals surface area contributed by atoms with Crippen LogP contribution in [-0.4, -0.2) is 39.8 Å². The summed E-state index contributed by atoms with van der Waals surface area (Å²) in [4.78, 5) is 18.2. The highest BCUT2D eigenvalue weighted by molar-refractivity contribution is 7.09. The summed E-state index contributed by atoms with van der Waals surface area (Å²) in [7, 11) is 0. The van der Waals surface area contributed by atoms with Gasteiger partial charge in [0.25, 0.3) is 0 Å². The Hall–Kier alpha value is -1.17. The molecule has 2 heterocycles. The predicted octanol–water partition coefficient (Wildman–Crippen LogP) is 2.26. The molecule has 1 amide bonds. The summed E-state index contributed by atoms with van der Waals surface area (Å²) in [5.41, 5.74) is -0.0260. The van der Waals surface area contributed by atoms with Crippen LogP contribution in [0.15, 0.2) is 0 Å². The Kier molecular flexibility index (Phi) is 4.39. The minimum absolute atomic E-state index is 0.0260. The third kappa shape index (κ3) is 3.89. The average molecular weight is 282 g/mol. The molecule has 2 rings (SSSR count). The molecule has 1 N–H and O–H groups in total. The van der Waals surface area contributed by atoms with Crippen molar-refractivity contribution in [3.05, 3.63) is 5.82 Å². The molecule has 0 aromatic carbocycles. The Bertz CT molecular complexity index is 432. The van der Waals surface area contributed by atoms with Gasteiger partial charge in [-0.05, 0) is 12.8 Å². The lowest BCUT2D eigenvalue weighted by molar-refractivity contribution is -0.129. The number of anilines is 1. The van der Waals surface area contributed by atoms with Crippen LogP contribution in [0.3, 0.4) is 0 Å². The molecule has 1 aliphatic rings. The van der Waals surface area contributed by atoms with Crippen LogP contribution < -0.4 is 5.32 Å². The smallest absolute Gasteiger partial charge is 0.224 e. The van der Waals surface area contributed by atoms with Crippen LogP contribution in [0, 0.1) is 0 Å². The fraction of sp³-hybridized carbons (Fsp3) is 0.769. The Labute approximate surface area is 118 Å². The summed E-state index contributed by atoms with van der Waals surface area (Å²) in [6, 6.07) is 0. The van der Waals surface area contributed by atoms with E-state index in [1.807, 2.05) is 4.90 Å². The first-order valence-electron chi connectivity index (χ1n) is 6.82. The lowest BCUT2D eigenvalue weighted by Crippen LogP contribution is -2.29. The summed E-state index contributed by atoms with van der Waals surface area (Å²) in [6.45, 7) is 8.76. The summed E-state index contributed by atoms with van der Waals surface area (Å²) in [5.74, 6) is 1.09. The van der Waals surface area contributed by atoms with Crippen molar-refractivity contribution in [2.24, 2.45) is 0 Å². The first-order chi connectivity index (χ1) is 8.97. The molecule has 0 bridgehead atoms. The lowest BCUT2D eigenvalue weighted by Gasteiger charge is -2.15. The highest BCUT2D eigenvalue weighted by Crippen LogP contribution is 2.22. The number of rotatable bonds is 4. The van der Waals surface area contributed by atoms with Crippen LogP contribution >= 0.6 is 11.5 Å². The van der Waals surface area contributed by atoms with E-state index in [1.54, 1.807) is 0 Å². The molecule has 0 atom stereocenters. The molecule has 0 aliphatic carbocycles. The van der Waals surface area contributed by atoms with Crippen molar-refractivity contribution in [1.29, 1.82) is 0 Å². The van der Waals surface area contributed by atoms with Gasteiger partial charge in [-0.15, -0.1) is 0 Å². The zero-order valence-electron chi connectivity index (χ0n) is 11.9. The molecular weight excluding hydrogens is 260 g/mol. The van der Waals surface area contributed by atoms with Gasteiger partial charge in [0, 0.05) is 43.0 Å². The number of hydrogen-bond acceptors (Lipinski definition) is 5. The van der Waals surface area contributed by atoms with Crippen LogP contribution in [0.1, 0.15) is 45.9 Å². The number of nitrogens with zero attached hydrogens (tertiary/aromatic N) is 3. The topological polar surface area (TPSA) is 58.1 Å². The maximum absolute atomic E-state index is 11.9. The number of likely N-dealkylation sites (tertiary alicyclic amines) is 1. The predicted molar refractivity (Wildman–Crippen MR) is 77.5 cm³/mol. The molecular formula is C13H22N4OS. The van der Waals surface area contributed by atoms with E-state index in [2.05, 4.69) is 35.4 Å². The maximum Gasteiger partial charge on any atom is 0.224 e. The number of carbonyl (C=O) groups excluding carboxylic acids is 1. The molecule has 19 heavy (non-hydrogen) atoms. The van der Waals surface area contributed by atoms with Crippen molar-refractivity contribution in [2.75, 3.05) is 25.0 Å².